The normalized spacial score (nSPS) is 14.4. The van der Waals surface area contributed by atoms with E-state index in [2.05, 4.69) is 5.32 Å². The van der Waals surface area contributed by atoms with Gasteiger partial charge in [-0.25, -0.2) is 0 Å². The van der Waals surface area contributed by atoms with E-state index in [1.807, 2.05) is 19.1 Å². The average Bonchev–Trinajstić information content (AvgIpc) is 3.07. The number of aryl methyl sites for hydroxylation is 1. The van der Waals surface area contributed by atoms with E-state index in [1.165, 1.54) is 7.11 Å². The number of hydrogen-bond donors (Lipinski definition) is 1. The second-order valence-corrected chi connectivity index (χ2v) is 10.1. The maximum Gasteiger partial charge on any atom is 0.320 e. The van der Waals surface area contributed by atoms with Gasteiger partial charge >= 0.3 is 5.97 Å². The van der Waals surface area contributed by atoms with Crippen molar-refractivity contribution in [3.63, 3.8) is 0 Å². The molecular formula is C30H33Cl2N3O5. The van der Waals surface area contributed by atoms with Crippen molar-refractivity contribution in [3.05, 3.63) is 87.9 Å². The third kappa shape index (κ3) is 7.13. The van der Waals surface area contributed by atoms with Crippen molar-refractivity contribution in [2.24, 2.45) is 0 Å². The summed E-state index contributed by atoms with van der Waals surface area (Å²) in [7, 11) is 5.09. The molecule has 1 aliphatic heterocycles. The van der Waals surface area contributed by atoms with Crippen LogP contribution in [-0.4, -0.2) is 57.0 Å². The van der Waals surface area contributed by atoms with Gasteiger partial charge in [0.2, 0.25) is 0 Å². The molecule has 0 saturated heterocycles. The van der Waals surface area contributed by atoms with Crippen LogP contribution in [0, 0.1) is 6.92 Å². The zero-order valence-corrected chi connectivity index (χ0v) is 24.5. The summed E-state index contributed by atoms with van der Waals surface area (Å²) in [6, 6.07) is 17.5. The number of carbonyl (C=O) groups excluding carboxylic acids is 3. The zero-order chi connectivity index (χ0) is 28.1. The number of carbonyl (C=O) groups is 3. The second-order valence-electron chi connectivity index (χ2n) is 9.70. The first-order valence-electron chi connectivity index (χ1n) is 12.7. The molecule has 1 heterocycles. The minimum absolute atomic E-state index is 0. The molecule has 0 bridgehead atoms. The minimum Gasteiger partial charge on any atom is -0.495 e. The number of benzene rings is 3. The number of nitrogens with one attached hydrogen (secondary N) is 1. The summed E-state index contributed by atoms with van der Waals surface area (Å²) in [5.74, 6) is -0.485. The lowest BCUT2D eigenvalue weighted by atomic mass is 10.0. The predicted octanol–water partition coefficient (Wildman–Crippen LogP) is 5.92. The molecule has 3 aromatic rings. The van der Waals surface area contributed by atoms with Gasteiger partial charge in [0.05, 0.1) is 25.0 Å². The van der Waals surface area contributed by atoms with Crippen LogP contribution in [0.4, 0.5) is 11.4 Å². The van der Waals surface area contributed by atoms with E-state index in [0.717, 1.165) is 5.56 Å². The van der Waals surface area contributed by atoms with Crippen molar-refractivity contribution in [3.8, 4) is 5.75 Å². The fourth-order valence-electron chi connectivity index (χ4n) is 4.63. The molecule has 1 N–H and O–H groups in total. The number of likely N-dealkylation sites (N-methyl/N-ethyl adjacent to an activating group) is 1. The van der Waals surface area contributed by atoms with Gasteiger partial charge in [-0.15, -0.1) is 12.4 Å². The zero-order valence-electron chi connectivity index (χ0n) is 22.9. The summed E-state index contributed by atoms with van der Waals surface area (Å²) in [6.07, 6.45) is 0.667. The smallest absolute Gasteiger partial charge is 0.320 e. The quantitative estimate of drug-likeness (QED) is 0.346. The Bertz CT molecular complexity index is 1400. The second kappa shape index (κ2) is 13.7. The number of fused-ring (bicyclic) bond motifs is 1. The largest absolute Gasteiger partial charge is 0.495 e. The summed E-state index contributed by atoms with van der Waals surface area (Å²) < 4.78 is 11.3. The molecule has 0 spiro atoms. The van der Waals surface area contributed by atoms with Crippen molar-refractivity contribution in [1.82, 2.24) is 4.90 Å². The van der Waals surface area contributed by atoms with Crippen molar-refractivity contribution < 1.29 is 23.9 Å². The number of amides is 2. The fourth-order valence-corrected chi connectivity index (χ4v) is 4.81. The van der Waals surface area contributed by atoms with E-state index >= 15 is 0 Å². The molecule has 0 fully saturated rings. The summed E-state index contributed by atoms with van der Waals surface area (Å²) >= 11 is 6.31. The number of rotatable bonds is 7. The topological polar surface area (TPSA) is 88.2 Å². The monoisotopic (exact) mass is 585 g/mol. The molecule has 1 atom stereocenters. The van der Waals surface area contributed by atoms with Crippen LogP contribution in [0.15, 0.2) is 60.7 Å². The summed E-state index contributed by atoms with van der Waals surface area (Å²) in [6.45, 7) is 2.46. The van der Waals surface area contributed by atoms with E-state index in [0.29, 0.717) is 58.2 Å². The Labute approximate surface area is 245 Å². The molecule has 212 valence electrons. The van der Waals surface area contributed by atoms with E-state index in [-0.39, 0.29) is 36.7 Å². The van der Waals surface area contributed by atoms with E-state index in [4.69, 9.17) is 21.1 Å². The molecule has 2 amide bonds. The molecular weight excluding hydrogens is 553 g/mol. The van der Waals surface area contributed by atoms with Crippen LogP contribution in [-0.2, 0) is 9.53 Å². The molecule has 8 nitrogen and oxygen atoms in total. The summed E-state index contributed by atoms with van der Waals surface area (Å²) in [5.41, 5.74) is 3.59. The molecule has 1 aliphatic rings. The number of methoxy groups -OCH3 is 1. The number of hydrogen-bond acceptors (Lipinski definition) is 6. The van der Waals surface area contributed by atoms with Gasteiger partial charge < -0.3 is 19.7 Å². The van der Waals surface area contributed by atoms with E-state index in [9.17, 15) is 14.4 Å². The molecule has 0 aliphatic carbocycles. The van der Waals surface area contributed by atoms with Crippen molar-refractivity contribution in [2.75, 3.05) is 44.5 Å². The van der Waals surface area contributed by atoms with Crippen LogP contribution in [0.25, 0.3) is 0 Å². The lowest BCUT2D eigenvalue weighted by molar-refractivity contribution is -0.150. The maximum atomic E-state index is 13.8. The number of halogens is 2. The van der Waals surface area contributed by atoms with E-state index in [1.54, 1.807) is 72.4 Å². The van der Waals surface area contributed by atoms with Crippen LogP contribution in [0.3, 0.4) is 0 Å². The van der Waals surface area contributed by atoms with Gasteiger partial charge in [-0.2, -0.15) is 0 Å². The van der Waals surface area contributed by atoms with Gasteiger partial charge in [-0.3, -0.25) is 19.3 Å². The first-order chi connectivity index (χ1) is 18.7. The number of ether oxygens (including phenoxy) is 2. The molecule has 0 saturated carbocycles. The molecule has 1 unspecified atom stereocenters. The van der Waals surface area contributed by atoms with Crippen LogP contribution >= 0.6 is 24.0 Å². The first-order valence-corrected chi connectivity index (χ1v) is 13.1. The number of esters is 1. The van der Waals surface area contributed by atoms with Crippen LogP contribution in [0.2, 0.25) is 5.02 Å². The Balaban J connectivity index is 0.00000441. The fraction of sp³-hybridized carbons (Fsp3) is 0.300. The molecule has 0 radical (unpaired) electrons. The van der Waals surface area contributed by atoms with Gasteiger partial charge in [0.1, 0.15) is 11.9 Å². The van der Waals surface area contributed by atoms with Crippen LogP contribution in [0.5, 0.6) is 5.75 Å². The highest BCUT2D eigenvalue weighted by atomic mass is 35.5. The highest BCUT2D eigenvalue weighted by Crippen LogP contribution is 2.38. The summed E-state index contributed by atoms with van der Waals surface area (Å²) in [5, 5.41) is 3.37. The van der Waals surface area contributed by atoms with E-state index < -0.39 is 6.10 Å². The van der Waals surface area contributed by atoms with Gasteiger partial charge in [0, 0.05) is 28.3 Å². The predicted molar refractivity (Wildman–Crippen MR) is 159 cm³/mol. The number of anilines is 2. The Hall–Kier alpha value is -3.59. The molecule has 0 aromatic heterocycles. The lowest BCUT2D eigenvalue weighted by Gasteiger charge is -2.25. The van der Waals surface area contributed by atoms with Gasteiger partial charge in [-0.05, 0) is 81.9 Å². The Morgan fingerprint density at radius 3 is 2.52 bits per heavy atom. The molecule has 4 rings (SSSR count). The molecule has 40 heavy (non-hydrogen) atoms. The molecule has 3 aromatic carbocycles. The third-order valence-corrected chi connectivity index (χ3v) is 6.76. The lowest BCUT2D eigenvalue weighted by Crippen LogP contribution is -2.32. The van der Waals surface area contributed by atoms with Crippen molar-refractivity contribution in [1.29, 1.82) is 0 Å². The van der Waals surface area contributed by atoms with Gasteiger partial charge in [0.25, 0.3) is 11.8 Å². The minimum atomic E-state index is -0.516. The molecule has 10 heteroatoms. The first kappa shape index (κ1) is 30.9. The van der Waals surface area contributed by atoms with Crippen molar-refractivity contribution in [2.45, 2.75) is 25.9 Å². The van der Waals surface area contributed by atoms with Gasteiger partial charge in [0.15, 0.2) is 0 Å². The highest BCUT2D eigenvalue weighted by molar-refractivity contribution is 6.30. The van der Waals surface area contributed by atoms with Crippen LogP contribution < -0.4 is 15.0 Å². The highest BCUT2D eigenvalue weighted by Gasteiger charge is 2.30. The standard InChI is InChI=1S/C30H32ClN3O5.ClH/c1-19-8-5-6-9-22(19)29(36)32-24-13-11-20(16-27(24)38-4)30(37)34-15-7-10-26(39-28(35)18-33(2)3)23-17-21(31)12-14-25(23)34;/h5-6,8-9,11-14,16-17,26H,7,10,15,18H2,1-4H3,(H,32,36);1H. The van der Waals surface area contributed by atoms with Crippen molar-refractivity contribution >= 4 is 53.2 Å². The van der Waals surface area contributed by atoms with Crippen LogP contribution in [0.1, 0.15) is 50.8 Å². The Morgan fingerprint density at radius 2 is 1.82 bits per heavy atom. The maximum absolute atomic E-state index is 13.8. The SMILES string of the molecule is COc1cc(C(=O)N2CCCC(OC(=O)CN(C)C)c3cc(Cl)ccc32)ccc1NC(=O)c1ccccc1C.Cl. The Kier molecular flexibility index (Phi) is 10.6. The van der Waals surface area contributed by atoms with Gasteiger partial charge in [-0.1, -0.05) is 29.8 Å². The average molecular weight is 587 g/mol. The third-order valence-electron chi connectivity index (χ3n) is 6.53. The Morgan fingerprint density at radius 1 is 1.07 bits per heavy atom. The number of nitrogens with zero attached hydrogens (tertiary/aromatic N) is 2. The summed E-state index contributed by atoms with van der Waals surface area (Å²) in [4.78, 5) is 42.5.